The molecule has 2 rings (SSSR count). The van der Waals surface area contributed by atoms with Gasteiger partial charge in [-0.2, -0.15) is 0 Å². The molecule has 0 spiro atoms. The van der Waals surface area contributed by atoms with E-state index in [1.165, 1.54) is 12.8 Å². The van der Waals surface area contributed by atoms with Gasteiger partial charge in [-0.15, -0.1) is 0 Å². The van der Waals surface area contributed by atoms with Gasteiger partial charge < -0.3 is 15.3 Å². The summed E-state index contributed by atoms with van der Waals surface area (Å²) in [6.45, 7) is 1.53. The Bertz CT molecular complexity index is 515. The number of rotatable bonds is 8. The van der Waals surface area contributed by atoms with E-state index in [2.05, 4.69) is 5.32 Å². The number of urea groups is 1. The number of hydrogen-bond donors (Lipinski definition) is 2. The number of carboxylic acids is 1. The lowest BCUT2D eigenvalue weighted by Gasteiger charge is -2.23. The van der Waals surface area contributed by atoms with Crippen molar-refractivity contribution in [3.05, 3.63) is 34.9 Å². The quantitative estimate of drug-likeness (QED) is 0.772. The van der Waals surface area contributed by atoms with Crippen LogP contribution in [0, 0.1) is 5.92 Å². The van der Waals surface area contributed by atoms with Gasteiger partial charge in [0.1, 0.15) is 0 Å². The number of nitrogens with one attached hydrogen (secondary N) is 1. The summed E-state index contributed by atoms with van der Waals surface area (Å²) >= 11 is 5.86. The van der Waals surface area contributed by atoms with Crippen LogP contribution in [0.3, 0.4) is 0 Å². The summed E-state index contributed by atoms with van der Waals surface area (Å²) in [5.41, 5.74) is 1.13. The Hall–Kier alpha value is -1.75. The van der Waals surface area contributed by atoms with Crippen LogP contribution in [0.5, 0.6) is 0 Å². The Labute approximate surface area is 135 Å². The van der Waals surface area contributed by atoms with E-state index in [1.54, 1.807) is 4.90 Å². The fourth-order valence-electron chi connectivity index (χ4n) is 2.19. The molecule has 1 aliphatic rings. The molecule has 120 valence electrons. The highest BCUT2D eigenvalue weighted by Gasteiger charge is 2.26. The predicted molar refractivity (Wildman–Crippen MR) is 85.1 cm³/mol. The van der Waals surface area contributed by atoms with Crippen LogP contribution in [-0.2, 0) is 11.2 Å². The van der Waals surface area contributed by atoms with Crippen LogP contribution < -0.4 is 5.32 Å². The van der Waals surface area contributed by atoms with Gasteiger partial charge in [-0.3, -0.25) is 4.79 Å². The average Bonchev–Trinajstić information content (AvgIpc) is 3.28. The zero-order chi connectivity index (χ0) is 15.9. The maximum atomic E-state index is 12.2. The van der Waals surface area contributed by atoms with Crippen LogP contribution in [-0.4, -0.2) is 41.6 Å². The first-order valence-corrected chi connectivity index (χ1v) is 7.91. The third kappa shape index (κ3) is 5.93. The molecule has 0 atom stereocenters. The molecule has 1 aromatic carbocycles. The molecule has 5 nitrogen and oxygen atoms in total. The van der Waals surface area contributed by atoms with Gasteiger partial charge in [0.2, 0.25) is 0 Å². The number of halogens is 1. The highest BCUT2D eigenvalue weighted by Crippen LogP contribution is 2.29. The van der Waals surface area contributed by atoms with Crippen molar-refractivity contribution in [2.75, 3.05) is 19.6 Å². The second kappa shape index (κ2) is 8.03. The minimum Gasteiger partial charge on any atom is -0.481 e. The van der Waals surface area contributed by atoms with Crippen LogP contribution in [0.15, 0.2) is 24.3 Å². The number of nitrogens with zero attached hydrogens (tertiary/aromatic N) is 1. The molecule has 1 fully saturated rings. The van der Waals surface area contributed by atoms with Crippen LogP contribution >= 0.6 is 11.6 Å². The largest absolute Gasteiger partial charge is 0.481 e. The topological polar surface area (TPSA) is 69.6 Å². The Morgan fingerprint density at radius 2 is 1.95 bits per heavy atom. The van der Waals surface area contributed by atoms with Crippen LogP contribution in [0.2, 0.25) is 5.02 Å². The summed E-state index contributed by atoms with van der Waals surface area (Å²) in [7, 11) is 0. The summed E-state index contributed by atoms with van der Waals surface area (Å²) in [6.07, 6.45) is 3.04. The van der Waals surface area contributed by atoms with E-state index in [0.717, 1.165) is 18.5 Å². The van der Waals surface area contributed by atoms with Gasteiger partial charge in [-0.05, 0) is 42.9 Å². The first-order chi connectivity index (χ1) is 10.5. The summed E-state index contributed by atoms with van der Waals surface area (Å²) in [6, 6.07) is 7.42. The molecule has 0 aromatic heterocycles. The number of hydrogen-bond acceptors (Lipinski definition) is 2. The highest BCUT2D eigenvalue weighted by molar-refractivity contribution is 6.30. The van der Waals surface area contributed by atoms with E-state index < -0.39 is 5.97 Å². The zero-order valence-corrected chi connectivity index (χ0v) is 13.2. The van der Waals surface area contributed by atoms with E-state index in [9.17, 15) is 9.59 Å². The molecular formula is C16H21ClN2O3. The Morgan fingerprint density at radius 3 is 2.55 bits per heavy atom. The van der Waals surface area contributed by atoms with Gasteiger partial charge in [0.25, 0.3) is 0 Å². The standard InChI is InChI=1S/C16H21ClN2O3/c17-14-5-3-12(4-6-14)8-10-19(11-13-1-2-13)16(22)18-9-7-15(20)21/h3-6,13H,1-2,7-11H2,(H,18,22)(H,20,21). The van der Waals surface area contributed by atoms with E-state index in [1.807, 2.05) is 24.3 Å². The zero-order valence-electron chi connectivity index (χ0n) is 12.4. The summed E-state index contributed by atoms with van der Waals surface area (Å²) < 4.78 is 0. The van der Waals surface area contributed by atoms with Gasteiger partial charge in [0, 0.05) is 24.7 Å². The molecule has 1 aromatic rings. The Kier molecular flexibility index (Phi) is 6.07. The van der Waals surface area contributed by atoms with Crippen molar-refractivity contribution in [2.24, 2.45) is 5.92 Å². The average molecular weight is 325 g/mol. The molecule has 1 saturated carbocycles. The molecule has 0 radical (unpaired) electrons. The fraction of sp³-hybridized carbons (Fsp3) is 0.500. The highest BCUT2D eigenvalue weighted by atomic mass is 35.5. The van der Waals surface area contributed by atoms with E-state index in [4.69, 9.17) is 16.7 Å². The molecule has 0 saturated heterocycles. The number of carbonyl (C=O) groups is 2. The molecule has 0 aliphatic heterocycles. The number of carboxylic acid groups (broad SMARTS) is 1. The minimum atomic E-state index is -0.907. The van der Waals surface area contributed by atoms with E-state index in [-0.39, 0.29) is 19.0 Å². The van der Waals surface area contributed by atoms with Crippen molar-refractivity contribution in [1.82, 2.24) is 10.2 Å². The van der Waals surface area contributed by atoms with Crippen molar-refractivity contribution in [1.29, 1.82) is 0 Å². The maximum Gasteiger partial charge on any atom is 0.317 e. The molecular weight excluding hydrogens is 304 g/mol. The van der Waals surface area contributed by atoms with Gasteiger partial charge in [0.15, 0.2) is 0 Å². The van der Waals surface area contributed by atoms with Gasteiger partial charge in [-0.1, -0.05) is 23.7 Å². The lowest BCUT2D eigenvalue weighted by atomic mass is 10.1. The number of carbonyl (C=O) groups excluding carboxylic acids is 1. The maximum absolute atomic E-state index is 12.2. The minimum absolute atomic E-state index is 0.0554. The fourth-order valence-corrected chi connectivity index (χ4v) is 2.32. The van der Waals surface area contributed by atoms with Crippen molar-refractivity contribution in [2.45, 2.75) is 25.7 Å². The van der Waals surface area contributed by atoms with E-state index in [0.29, 0.717) is 17.5 Å². The molecule has 6 heteroatoms. The molecule has 1 aliphatic carbocycles. The lowest BCUT2D eigenvalue weighted by molar-refractivity contribution is -0.136. The third-order valence-electron chi connectivity index (χ3n) is 3.66. The van der Waals surface area contributed by atoms with Gasteiger partial charge in [-0.25, -0.2) is 4.79 Å². The van der Waals surface area contributed by atoms with Crippen LogP contribution in [0.4, 0.5) is 4.79 Å². The van der Waals surface area contributed by atoms with Crippen molar-refractivity contribution < 1.29 is 14.7 Å². The Morgan fingerprint density at radius 1 is 1.27 bits per heavy atom. The Balaban J connectivity index is 1.83. The van der Waals surface area contributed by atoms with Gasteiger partial charge >= 0.3 is 12.0 Å². The SMILES string of the molecule is O=C(O)CCNC(=O)N(CCc1ccc(Cl)cc1)CC1CC1. The van der Waals surface area contributed by atoms with E-state index >= 15 is 0 Å². The summed E-state index contributed by atoms with van der Waals surface area (Å²) in [5, 5.41) is 12.0. The smallest absolute Gasteiger partial charge is 0.317 e. The molecule has 0 heterocycles. The normalized spacial score (nSPS) is 13.7. The summed E-state index contributed by atoms with van der Waals surface area (Å²) in [5.74, 6) is -0.314. The van der Waals surface area contributed by atoms with Crippen molar-refractivity contribution >= 4 is 23.6 Å². The number of amides is 2. The van der Waals surface area contributed by atoms with Crippen molar-refractivity contribution in [3.63, 3.8) is 0 Å². The first kappa shape index (κ1) is 16.6. The molecule has 2 amide bonds. The van der Waals surface area contributed by atoms with Crippen molar-refractivity contribution in [3.8, 4) is 0 Å². The third-order valence-corrected chi connectivity index (χ3v) is 3.91. The molecule has 22 heavy (non-hydrogen) atoms. The summed E-state index contributed by atoms with van der Waals surface area (Å²) in [4.78, 5) is 24.5. The molecule has 0 bridgehead atoms. The number of aliphatic carboxylic acids is 1. The van der Waals surface area contributed by atoms with Crippen LogP contribution in [0.25, 0.3) is 0 Å². The number of benzene rings is 1. The monoisotopic (exact) mass is 324 g/mol. The molecule has 0 unspecified atom stereocenters. The lowest BCUT2D eigenvalue weighted by Crippen LogP contribution is -2.42. The second-order valence-corrected chi connectivity index (χ2v) is 6.08. The molecule has 2 N–H and O–H groups in total. The first-order valence-electron chi connectivity index (χ1n) is 7.53. The second-order valence-electron chi connectivity index (χ2n) is 5.64. The van der Waals surface area contributed by atoms with Crippen LogP contribution in [0.1, 0.15) is 24.8 Å². The predicted octanol–water partition coefficient (Wildman–Crippen LogP) is 2.78. The van der Waals surface area contributed by atoms with Gasteiger partial charge in [0.05, 0.1) is 6.42 Å².